The monoisotopic (exact) mass is 566 g/mol. The van der Waals surface area contributed by atoms with Crippen molar-refractivity contribution in [2.45, 2.75) is 0 Å². The molecule has 0 saturated carbocycles. The highest BCUT2D eigenvalue weighted by Crippen LogP contribution is 2.49. The summed E-state index contributed by atoms with van der Waals surface area (Å²) in [6.45, 7) is 0. The lowest BCUT2D eigenvalue weighted by Gasteiger charge is -2.25. The second-order valence-electron chi connectivity index (χ2n) is 10.1. The summed E-state index contributed by atoms with van der Waals surface area (Å²) in [5.74, 6) is 1.79. The zero-order valence-corrected chi connectivity index (χ0v) is 23.4. The van der Waals surface area contributed by atoms with Crippen LogP contribution in [-0.2, 0) is 0 Å². The number of hydrogen-bond acceptors (Lipinski definition) is 7. The van der Waals surface area contributed by atoms with E-state index in [0.29, 0.717) is 62.0 Å². The first kappa shape index (κ1) is 26.1. The van der Waals surface area contributed by atoms with E-state index in [1.165, 1.54) is 20.3 Å². The molecule has 0 radical (unpaired) electrons. The van der Waals surface area contributed by atoms with Gasteiger partial charge in [0.2, 0.25) is 0 Å². The lowest BCUT2D eigenvalue weighted by molar-refractivity contribution is 0.104. The first-order valence-electron chi connectivity index (χ1n) is 13.7. The van der Waals surface area contributed by atoms with Crippen molar-refractivity contribution in [2.24, 2.45) is 0 Å². The summed E-state index contributed by atoms with van der Waals surface area (Å²) in [6, 6.07) is 33.6. The number of carbonyl (C=O) groups is 1. The molecule has 6 aromatic rings. The minimum absolute atomic E-state index is 0.0232. The Morgan fingerprint density at radius 1 is 0.674 bits per heavy atom. The standard InChI is InChI=1S/C36H26N2O5/c1-41-30-18-26(29(39)20-31(30)42-2)27-17-25-23-15-9-10-16-24(23)36(40)34-28(37-21-11-5-3-6-12-21)19-32(35(38-27)33(25)34)43-22-13-7-4-8-14-22/h3-20,37,39H,1-2H3. The van der Waals surface area contributed by atoms with Crippen molar-refractivity contribution in [3.63, 3.8) is 0 Å². The summed E-state index contributed by atoms with van der Waals surface area (Å²) in [4.78, 5) is 19.2. The largest absolute Gasteiger partial charge is 0.507 e. The Labute approximate surface area is 247 Å². The molecule has 7 nitrogen and oxygen atoms in total. The van der Waals surface area contributed by atoms with Gasteiger partial charge in [-0.1, -0.05) is 60.7 Å². The summed E-state index contributed by atoms with van der Waals surface area (Å²) in [6.07, 6.45) is 0. The molecule has 5 aromatic carbocycles. The summed E-state index contributed by atoms with van der Waals surface area (Å²) in [7, 11) is 3.05. The van der Waals surface area contributed by atoms with Crippen LogP contribution in [0.4, 0.5) is 11.4 Å². The molecule has 1 aliphatic carbocycles. The number of carbonyl (C=O) groups excluding carboxylic acids is 1. The molecule has 0 saturated heterocycles. The molecule has 1 aromatic heterocycles. The van der Waals surface area contributed by atoms with Crippen molar-refractivity contribution in [1.29, 1.82) is 0 Å². The van der Waals surface area contributed by atoms with Crippen molar-refractivity contribution in [3.05, 3.63) is 120 Å². The molecule has 0 spiro atoms. The number of ketones is 1. The molecule has 7 heteroatoms. The van der Waals surface area contributed by atoms with E-state index in [2.05, 4.69) is 5.32 Å². The fraction of sp³-hybridized carbons (Fsp3) is 0.0556. The summed E-state index contributed by atoms with van der Waals surface area (Å²) in [5, 5.41) is 15.2. The highest BCUT2D eigenvalue weighted by molar-refractivity contribution is 6.29. The number of hydrogen-bond donors (Lipinski definition) is 2. The van der Waals surface area contributed by atoms with Crippen molar-refractivity contribution in [1.82, 2.24) is 4.98 Å². The molecule has 43 heavy (non-hydrogen) atoms. The van der Waals surface area contributed by atoms with Crippen LogP contribution in [-0.4, -0.2) is 30.1 Å². The van der Waals surface area contributed by atoms with E-state index in [9.17, 15) is 9.90 Å². The molecule has 1 heterocycles. The number of fused-ring (bicyclic) bond motifs is 2. The first-order valence-corrected chi connectivity index (χ1v) is 13.7. The molecule has 0 atom stereocenters. The van der Waals surface area contributed by atoms with Gasteiger partial charge >= 0.3 is 0 Å². The highest BCUT2D eigenvalue weighted by atomic mass is 16.5. The summed E-state index contributed by atoms with van der Waals surface area (Å²) in [5.41, 5.74) is 5.51. The molecule has 0 unspecified atom stereocenters. The first-order chi connectivity index (χ1) is 21.1. The fourth-order valence-corrected chi connectivity index (χ4v) is 5.56. The molecule has 2 N–H and O–H groups in total. The minimum Gasteiger partial charge on any atom is -0.507 e. The molecule has 210 valence electrons. The van der Waals surface area contributed by atoms with Gasteiger partial charge < -0.3 is 24.6 Å². The third kappa shape index (κ3) is 4.48. The number of phenols is 1. The molecule has 7 rings (SSSR count). The van der Waals surface area contributed by atoms with Gasteiger partial charge in [0, 0.05) is 34.3 Å². The number of rotatable bonds is 7. The minimum atomic E-state index is -0.110. The average Bonchev–Trinajstić information content (AvgIpc) is 3.05. The number of nitrogens with one attached hydrogen (secondary N) is 1. The molecule has 0 fully saturated rings. The van der Waals surface area contributed by atoms with E-state index in [0.717, 1.165) is 16.8 Å². The van der Waals surface area contributed by atoms with Crippen LogP contribution in [0.2, 0.25) is 0 Å². The smallest absolute Gasteiger partial charge is 0.196 e. The Balaban J connectivity index is 1.57. The third-order valence-corrected chi connectivity index (χ3v) is 7.54. The number of pyridine rings is 1. The van der Waals surface area contributed by atoms with Crippen LogP contribution in [0.5, 0.6) is 28.7 Å². The Morgan fingerprint density at radius 3 is 2.05 bits per heavy atom. The molecule has 1 aliphatic rings. The van der Waals surface area contributed by atoms with Crippen molar-refractivity contribution in [2.75, 3.05) is 19.5 Å². The Morgan fingerprint density at radius 2 is 1.33 bits per heavy atom. The van der Waals surface area contributed by atoms with Gasteiger partial charge in [-0.2, -0.15) is 0 Å². The normalized spacial score (nSPS) is 11.6. The predicted molar refractivity (Wildman–Crippen MR) is 167 cm³/mol. The van der Waals surface area contributed by atoms with Crippen LogP contribution < -0.4 is 19.5 Å². The number of benzene rings is 5. The number of aromatic nitrogens is 1. The second-order valence-corrected chi connectivity index (χ2v) is 10.1. The fourth-order valence-electron chi connectivity index (χ4n) is 5.56. The molecular weight excluding hydrogens is 540 g/mol. The number of phenolic OH excluding ortho intramolecular Hbond substituents is 1. The van der Waals surface area contributed by atoms with Crippen molar-refractivity contribution >= 4 is 28.1 Å². The molecule has 0 bridgehead atoms. The number of aromatic hydroxyl groups is 1. The van der Waals surface area contributed by atoms with Crippen LogP contribution in [0, 0.1) is 0 Å². The van der Waals surface area contributed by atoms with Crippen molar-refractivity contribution in [3.8, 4) is 51.1 Å². The zero-order valence-electron chi connectivity index (χ0n) is 23.4. The van der Waals surface area contributed by atoms with Gasteiger partial charge in [-0.3, -0.25) is 4.79 Å². The topological polar surface area (TPSA) is 89.9 Å². The van der Waals surface area contributed by atoms with Gasteiger partial charge in [-0.15, -0.1) is 0 Å². The van der Waals surface area contributed by atoms with Crippen molar-refractivity contribution < 1.29 is 24.1 Å². The Bertz CT molecular complexity index is 2020. The van der Waals surface area contributed by atoms with Gasteiger partial charge in [0.1, 0.15) is 17.0 Å². The van der Waals surface area contributed by atoms with Gasteiger partial charge in [0.05, 0.1) is 31.2 Å². The lowest BCUT2D eigenvalue weighted by atomic mass is 9.82. The maximum Gasteiger partial charge on any atom is 0.196 e. The maximum atomic E-state index is 14.2. The van der Waals surface area contributed by atoms with Crippen LogP contribution >= 0.6 is 0 Å². The number of anilines is 2. The van der Waals surface area contributed by atoms with E-state index < -0.39 is 0 Å². The van der Waals surface area contributed by atoms with Crippen LogP contribution in [0.3, 0.4) is 0 Å². The number of methoxy groups -OCH3 is 2. The van der Waals surface area contributed by atoms with Crippen LogP contribution in [0.25, 0.3) is 33.3 Å². The number of para-hydroxylation sites is 2. The summed E-state index contributed by atoms with van der Waals surface area (Å²) >= 11 is 0. The van der Waals surface area contributed by atoms with Crippen LogP contribution in [0.1, 0.15) is 15.9 Å². The lowest BCUT2D eigenvalue weighted by Crippen LogP contribution is -2.14. The average molecular weight is 567 g/mol. The highest BCUT2D eigenvalue weighted by Gasteiger charge is 2.31. The van der Waals surface area contributed by atoms with Gasteiger partial charge in [0.25, 0.3) is 0 Å². The summed E-state index contributed by atoms with van der Waals surface area (Å²) < 4.78 is 17.4. The van der Waals surface area contributed by atoms with E-state index in [4.69, 9.17) is 19.2 Å². The predicted octanol–water partition coefficient (Wildman–Crippen LogP) is 8.37. The van der Waals surface area contributed by atoms with Gasteiger partial charge in [-0.05, 0) is 47.5 Å². The van der Waals surface area contributed by atoms with Crippen LogP contribution in [0.15, 0.2) is 109 Å². The zero-order chi connectivity index (χ0) is 29.5. The third-order valence-electron chi connectivity index (χ3n) is 7.54. The maximum absolute atomic E-state index is 14.2. The quantitative estimate of drug-likeness (QED) is 0.200. The molecule has 0 amide bonds. The van der Waals surface area contributed by atoms with E-state index in [-0.39, 0.29) is 11.5 Å². The number of ether oxygens (including phenoxy) is 3. The van der Waals surface area contributed by atoms with E-state index >= 15 is 0 Å². The van der Waals surface area contributed by atoms with E-state index in [1.54, 1.807) is 6.07 Å². The Kier molecular flexibility index (Phi) is 6.40. The Hall–Kier alpha value is -5.82. The van der Waals surface area contributed by atoms with Gasteiger partial charge in [0.15, 0.2) is 23.0 Å². The second kappa shape index (κ2) is 10.5. The number of nitrogens with zero attached hydrogens (tertiary/aromatic N) is 1. The molecule has 0 aliphatic heterocycles. The van der Waals surface area contributed by atoms with Gasteiger partial charge in [-0.25, -0.2) is 4.98 Å². The SMILES string of the molecule is COc1cc(O)c(-c2cc3c4c(c(Nc5ccccc5)cc(Oc5ccccc5)c4n2)C(=O)c2ccccc2-3)cc1OC. The van der Waals surface area contributed by atoms with E-state index in [1.807, 2.05) is 97.1 Å². The molecular formula is C36H26N2O5.